The van der Waals surface area contributed by atoms with Crippen LogP contribution in [0, 0.1) is 6.92 Å². The van der Waals surface area contributed by atoms with Crippen LogP contribution in [0.15, 0.2) is 48.7 Å². The summed E-state index contributed by atoms with van der Waals surface area (Å²) >= 11 is 6.16. The van der Waals surface area contributed by atoms with Crippen molar-refractivity contribution in [3.63, 3.8) is 0 Å². The van der Waals surface area contributed by atoms with Crippen LogP contribution in [0.1, 0.15) is 15.9 Å². The molecule has 0 fully saturated rings. The first-order chi connectivity index (χ1) is 11.1. The van der Waals surface area contributed by atoms with Crippen LogP contribution in [0.3, 0.4) is 0 Å². The summed E-state index contributed by atoms with van der Waals surface area (Å²) < 4.78 is 4.75. The lowest BCUT2D eigenvalue weighted by molar-refractivity contribution is 0.0601. The minimum absolute atomic E-state index is 0.365. The number of esters is 1. The molecule has 1 aromatic heterocycles. The molecule has 0 amide bonds. The van der Waals surface area contributed by atoms with Crippen LogP contribution in [0.5, 0.6) is 0 Å². The van der Waals surface area contributed by atoms with Gasteiger partial charge >= 0.3 is 5.97 Å². The van der Waals surface area contributed by atoms with Crippen molar-refractivity contribution in [2.75, 3.05) is 12.4 Å². The summed E-state index contributed by atoms with van der Waals surface area (Å²) in [6.45, 7) is 1.95. The first kappa shape index (κ1) is 15.3. The van der Waals surface area contributed by atoms with Gasteiger partial charge in [0.25, 0.3) is 0 Å². The smallest absolute Gasteiger partial charge is 0.337 e. The van der Waals surface area contributed by atoms with Crippen molar-refractivity contribution in [2.45, 2.75) is 6.92 Å². The molecular formula is C18H15ClN2O2. The van der Waals surface area contributed by atoms with Gasteiger partial charge in [0.1, 0.15) is 0 Å². The van der Waals surface area contributed by atoms with E-state index in [0.717, 1.165) is 27.8 Å². The molecule has 1 heterocycles. The fourth-order valence-electron chi connectivity index (χ4n) is 2.38. The third kappa shape index (κ3) is 3.12. The molecule has 4 nitrogen and oxygen atoms in total. The Hall–Kier alpha value is -2.59. The first-order valence-electron chi connectivity index (χ1n) is 7.09. The number of ether oxygens (including phenoxy) is 1. The van der Waals surface area contributed by atoms with Crippen molar-refractivity contribution in [1.82, 2.24) is 4.98 Å². The number of rotatable bonds is 3. The van der Waals surface area contributed by atoms with Crippen molar-refractivity contribution in [3.8, 4) is 0 Å². The van der Waals surface area contributed by atoms with E-state index in [0.29, 0.717) is 10.6 Å². The molecular weight excluding hydrogens is 312 g/mol. The van der Waals surface area contributed by atoms with Gasteiger partial charge in [0.05, 0.1) is 18.2 Å². The molecule has 0 atom stereocenters. The molecule has 0 saturated heterocycles. The van der Waals surface area contributed by atoms with Crippen molar-refractivity contribution in [3.05, 3.63) is 64.8 Å². The van der Waals surface area contributed by atoms with Gasteiger partial charge in [-0.2, -0.15) is 0 Å². The summed E-state index contributed by atoms with van der Waals surface area (Å²) in [6, 6.07) is 12.9. The van der Waals surface area contributed by atoms with Gasteiger partial charge in [-0.05, 0) is 48.9 Å². The van der Waals surface area contributed by atoms with Crippen molar-refractivity contribution in [1.29, 1.82) is 0 Å². The molecule has 0 bridgehead atoms. The maximum absolute atomic E-state index is 11.6. The lowest BCUT2D eigenvalue weighted by Gasteiger charge is -2.11. The van der Waals surface area contributed by atoms with E-state index in [1.165, 1.54) is 7.11 Å². The van der Waals surface area contributed by atoms with Crippen LogP contribution >= 0.6 is 11.6 Å². The van der Waals surface area contributed by atoms with Gasteiger partial charge < -0.3 is 10.1 Å². The second kappa shape index (κ2) is 6.26. The Morgan fingerprint density at radius 3 is 2.83 bits per heavy atom. The molecule has 0 spiro atoms. The molecule has 0 aliphatic heterocycles. The van der Waals surface area contributed by atoms with Crippen LogP contribution in [-0.2, 0) is 4.74 Å². The molecule has 2 aromatic carbocycles. The Kier molecular flexibility index (Phi) is 4.17. The molecule has 0 aliphatic carbocycles. The van der Waals surface area contributed by atoms with Crippen LogP contribution in [0.25, 0.3) is 10.9 Å². The lowest BCUT2D eigenvalue weighted by Crippen LogP contribution is -2.02. The number of anilines is 2. The number of nitrogens with zero attached hydrogens (tertiary/aromatic N) is 1. The SMILES string of the molecule is COC(=O)c1cccc(Nc2ccnc3cc(Cl)c(C)cc23)c1. The van der Waals surface area contributed by atoms with E-state index in [9.17, 15) is 4.79 Å². The zero-order chi connectivity index (χ0) is 16.4. The van der Waals surface area contributed by atoms with Crippen molar-refractivity contribution in [2.24, 2.45) is 0 Å². The van der Waals surface area contributed by atoms with Gasteiger partial charge in [-0.15, -0.1) is 0 Å². The minimum atomic E-state index is -0.365. The highest BCUT2D eigenvalue weighted by molar-refractivity contribution is 6.32. The number of pyridine rings is 1. The number of carbonyl (C=O) groups is 1. The Morgan fingerprint density at radius 1 is 1.22 bits per heavy atom. The first-order valence-corrected chi connectivity index (χ1v) is 7.46. The third-order valence-corrected chi connectivity index (χ3v) is 3.99. The van der Waals surface area contributed by atoms with Crippen LogP contribution in [0.4, 0.5) is 11.4 Å². The fraction of sp³-hybridized carbons (Fsp3) is 0.111. The number of hydrogen-bond donors (Lipinski definition) is 1. The number of hydrogen-bond acceptors (Lipinski definition) is 4. The highest BCUT2D eigenvalue weighted by atomic mass is 35.5. The summed E-state index contributed by atoms with van der Waals surface area (Å²) in [4.78, 5) is 16.0. The zero-order valence-electron chi connectivity index (χ0n) is 12.8. The number of fused-ring (bicyclic) bond motifs is 1. The highest BCUT2D eigenvalue weighted by Gasteiger charge is 2.08. The molecule has 0 aliphatic rings. The van der Waals surface area contributed by atoms with E-state index in [4.69, 9.17) is 16.3 Å². The number of halogens is 1. The largest absolute Gasteiger partial charge is 0.465 e. The number of methoxy groups -OCH3 is 1. The number of nitrogens with one attached hydrogen (secondary N) is 1. The molecule has 3 aromatic rings. The van der Waals surface area contributed by atoms with Gasteiger partial charge in [-0.25, -0.2) is 4.79 Å². The van der Waals surface area contributed by atoms with E-state index in [2.05, 4.69) is 10.3 Å². The Morgan fingerprint density at radius 2 is 2.04 bits per heavy atom. The molecule has 23 heavy (non-hydrogen) atoms. The predicted molar refractivity (Wildman–Crippen MR) is 92.6 cm³/mol. The zero-order valence-corrected chi connectivity index (χ0v) is 13.5. The fourth-order valence-corrected chi connectivity index (χ4v) is 2.54. The quantitative estimate of drug-likeness (QED) is 0.707. The van der Waals surface area contributed by atoms with Crippen molar-refractivity contribution >= 4 is 39.8 Å². The summed E-state index contributed by atoms with van der Waals surface area (Å²) in [5.41, 5.74) is 3.99. The normalized spacial score (nSPS) is 10.6. The standard InChI is InChI=1S/C18H15ClN2O2/c1-11-8-14-16(6-7-20-17(14)10-15(11)19)21-13-5-3-4-12(9-13)18(22)23-2/h3-10H,1-2H3,(H,20,21). The van der Waals surface area contributed by atoms with Gasteiger partial charge in [0.2, 0.25) is 0 Å². The third-order valence-electron chi connectivity index (χ3n) is 3.58. The highest BCUT2D eigenvalue weighted by Crippen LogP contribution is 2.29. The Labute approximate surface area is 139 Å². The van der Waals surface area contributed by atoms with E-state index in [1.54, 1.807) is 24.4 Å². The summed E-state index contributed by atoms with van der Waals surface area (Å²) in [5, 5.41) is 4.98. The minimum Gasteiger partial charge on any atom is -0.465 e. The van der Waals surface area contributed by atoms with E-state index in [1.807, 2.05) is 31.2 Å². The van der Waals surface area contributed by atoms with Gasteiger partial charge in [0, 0.05) is 28.0 Å². The second-order valence-corrected chi connectivity index (χ2v) is 5.58. The van der Waals surface area contributed by atoms with Crippen LogP contribution < -0.4 is 5.32 Å². The summed E-state index contributed by atoms with van der Waals surface area (Å²) in [6.07, 6.45) is 1.72. The number of carbonyl (C=O) groups excluding carboxylic acids is 1. The summed E-state index contributed by atoms with van der Waals surface area (Å²) in [7, 11) is 1.37. The number of aromatic nitrogens is 1. The Bertz CT molecular complexity index is 893. The average Bonchev–Trinajstić information content (AvgIpc) is 2.56. The topological polar surface area (TPSA) is 51.2 Å². The molecule has 116 valence electrons. The van der Waals surface area contributed by atoms with E-state index in [-0.39, 0.29) is 5.97 Å². The molecule has 0 radical (unpaired) electrons. The Balaban J connectivity index is 2.02. The number of benzene rings is 2. The average molecular weight is 327 g/mol. The molecule has 0 unspecified atom stereocenters. The molecule has 3 rings (SSSR count). The molecule has 5 heteroatoms. The molecule has 0 saturated carbocycles. The lowest BCUT2D eigenvalue weighted by atomic mass is 10.1. The second-order valence-electron chi connectivity index (χ2n) is 5.17. The van der Waals surface area contributed by atoms with Gasteiger partial charge in [-0.1, -0.05) is 17.7 Å². The van der Waals surface area contributed by atoms with Crippen molar-refractivity contribution < 1.29 is 9.53 Å². The van der Waals surface area contributed by atoms with E-state index >= 15 is 0 Å². The maximum Gasteiger partial charge on any atom is 0.337 e. The number of aryl methyl sites for hydroxylation is 1. The van der Waals surface area contributed by atoms with Crippen LogP contribution in [-0.4, -0.2) is 18.1 Å². The molecule has 1 N–H and O–H groups in total. The maximum atomic E-state index is 11.6. The van der Waals surface area contributed by atoms with Gasteiger partial charge in [-0.3, -0.25) is 4.98 Å². The predicted octanol–water partition coefficient (Wildman–Crippen LogP) is 4.73. The van der Waals surface area contributed by atoms with E-state index < -0.39 is 0 Å². The van der Waals surface area contributed by atoms with Gasteiger partial charge in [0.15, 0.2) is 0 Å². The summed E-state index contributed by atoms with van der Waals surface area (Å²) in [5.74, 6) is -0.365. The monoisotopic (exact) mass is 326 g/mol. The van der Waals surface area contributed by atoms with Crippen LogP contribution in [0.2, 0.25) is 5.02 Å².